The molecule has 1 aliphatic rings. The first kappa shape index (κ1) is 19.2. The van der Waals surface area contributed by atoms with Crippen LogP contribution in [0.1, 0.15) is 31.2 Å². The maximum absolute atomic E-state index is 13.9. The van der Waals surface area contributed by atoms with Crippen molar-refractivity contribution in [1.82, 2.24) is 15.4 Å². The number of carbonyl (C=O) groups is 1. The molecule has 1 aromatic carbocycles. The number of carbonyl (C=O) groups excluding carboxylic acids is 1. The van der Waals surface area contributed by atoms with Gasteiger partial charge in [0.2, 0.25) is 0 Å². The van der Waals surface area contributed by atoms with Gasteiger partial charge in [0, 0.05) is 43.5 Å². The van der Waals surface area contributed by atoms with Gasteiger partial charge in [-0.15, -0.1) is 0 Å². The summed E-state index contributed by atoms with van der Waals surface area (Å²) in [5.74, 6) is 0.631. The summed E-state index contributed by atoms with van der Waals surface area (Å²) in [5.41, 5.74) is 1.71. The number of aromatic nitrogens is 1. The third-order valence-electron chi connectivity index (χ3n) is 4.83. The normalized spacial score (nSPS) is 16.2. The van der Waals surface area contributed by atoms with Crippen molar-refractivity contribution in [2.45, 2.75) is 26.8 Å². The van der Waals surface area contributed by atoms with Crippen LogP contribution in [0.4, 0.5) is 20.7 Å². The quantitative estimate of drug-likeness (QED) is 0.840. The number of aryl methyl sites for hydroxylation is 1. The summed E-state index contributed by atoms with van der Waals surface area (Å²) in [5, 5.41) is 9.20. The van der Waals surface area contributed by atoms with E-state index >= 15 is 0 Å². The first-order valence-electron chi connectivity index (χ1n) is 9.24. The molecule has 0 aliphatic carbocycles. The Bertz CT molecular complexity index is 786. The van der Waals surface area contributed by atoms with Crippen LogP contribution in [0.5, 0.6) is 0 Å². The lowest BCUT2D eigenvalue weighted by molar-refractivity contribution is 0.249. The Kier molecular flexibility index (Phi) is 5.95. The number of nitrogens with one attached hydrogen (secondary N) is 2. The number of benzene rings is 1. The van der Waals surface area contributed by atoms with Crippen LogP contribution in [0.3, 0.4) is 0 Å². The average Bonchev–Trinajstić information content (AvgIpc) is 3.06. The maximum Gasteiger partial charge on any atom is 0.320 e. The smallest absolute Gasteiger partial charge is 0.320 e. The number of amides is 2. The van der Waals surface area contributed by atoms with Crippen molar-refractivity contribution >= 4 is 17.5 Å². The van der Waals surface area contributed by atoms with E-state index in [1.54, 1.807) is 19.1 Å². The lowest BCUT2D eigenvalue weighted by Crippen LogP contribution is -2.46. The van der Waals surface area contributed by atoms with E-state index < -0.39 is 6.03 Å². The molecule has 0 saturated carbocycles. The highest BCUT2D eigenvalue weighted by molar-refractivity contribution is 5.88. The molecule has 146 valence electrons. The second kappa shape index (κ2) is 8.39. The zero-order chi connectivity index (χ0) is 19.4. The Morgan fingerprint density at radius 2 is 2.04 bits per heavy atom. The molecule has 1 atom stereocenters. The minimum absolute atomic E-state index is 0.317. The fourth-order valence-electron chi connectivity index (χ4n) is 3.32. The third kappa shape index (κ3) is 4.77. The summed E-state index contributed by atoms with van der Waals surface area (Å²) < 4.78 is 18.8. The van der Waals surface area contributed by atoms with Crippen LogP contribution in [-0.4, -0.2) is 48.8 Å². The number of halogens is 1. The van der Waals surface area contributed by atoms with Crippen LogP contribution < -0.4 is 15.5 Å². The van der Waals surface area contributed by atoms with E-state index in [4.69, 9.17) is 4.52 Å². The van der Waals surface area contributed by atoms with E-state index in [1.165, 1.54) is 12.1 Å². The van der Waals surface area contributed by atoms with Gasteiger partial charge in [0.15, 0.2) is 5.82 Å². The molecular weight excluding hydrogens is 349 g/mol. The second-order valence-corrected chi connectivity index (χ2v) is 6.77. The number of nitrogens with zero attached hydrogens (tertiary/aromatic N) is 3. The van der Waals surface area contributed by atoms with Crippen LogP contribution in [0.2, 0.25) is 0 Å². The number of hydrogen-bond donors (Lipinski definition) is 2. The average molecular weight is 375 g/mol. The van der Waals surface area contributed by atoms with Crippen molar-refractivity contribution in [3.05, 3.63) is 41.4 Å². The molecule has 2 amide bonds. The van der Waals surface area contributed by atoms with Crippen molar-refractivity contribution in [2.24, 2.45) is 0 Å². The van der Waals surface area contributed by atoms with E-state index in [1.807, 2.05) is 6.92 Å². The zero-order valence-corrected chi connectivity index (χ0v) is 16.0. The van der Waals surface area contributed by atoms with E-state index in [0.717, 1.165) is 44.0 Å². The number of anilines is 2. The van der Waals surface area contributed by atoms with Gasteiger partial charge in [0.05, 0.1) is 6.04 Å². The molecule has 0 radical (unpaired) electrons. The molecule has 27 heavy (non-hydrogen) atoms. The van der Waals surface area contributed by atoms with E-state index in [0.29, 0.717) is 11.6 Å². The minimum Gasteiger partial charge on any atom is -0.369 e. The summed E-state index contributed by atoms with van der Waals surface area (Å²) >= 11 is 0. The van der Waals surface area contributed by atoms with Gasteiger partial charge < -0.3 is 19.6 Å². The largest absolute Gasteiger partial charge is 0.369 e. The van der Waals surface area contributed by atoms with Crippen molar-refractivity contribution in [3.8, 4) is 0 Å². The summed E-state index contributed by atoms with van der Waals surface area (Å²) in [7, 11) is 0. The second-order valence-electron chi connectivity index (χ2n) is 6.77. The van der Waals surface area contributed by atoms with Gasteiger partial charge >= 0.3 is 6.03 Å². The van der Waals surface area contributed by atoms with Crippen LogP contribution in [-0.2, 0) is 0 Å². The lowest BCUT2D eigenvalue weighted by atomic mass is 10.0. The van der Waals surface area contributed by atoms with Crippen molar-refractivity contribution in [3.63, 3.8) is 0 Å². The molecule has 1 aliphatic heterocycles. The fourth-order valence-corrected chi connectivity index (χ4v) is 3.32. The van der Waals surface area contributed by atoms with E-state index in [9.17, 15) is 9.18 Å². The van der Waals surface area contributed by atoms with Crippen LogP contribution in [0, 0.1) is 12.7 Å². The predicted octanol–water partition coefficient (Wildman–Crippen LogP) is 3.15. The van der Waals surface area contributed by atoms with E-state index in [2.05, 4.69) is 32.5 Å². The summed E-state index contributed by atoms with van der Waals surface area (Å²) in [6.07, 6.45) is 0. The number of likely N-dealkylation sites (N-methyl/N-ethyl adjacent to an activating group) is 1. The summed E-state index contributed by atoms with van der Waals surface area (Å²) in [6.45, 7) is 10.5. The van der Waals surface area contributed by atoms with E-state index in [-0.39, 0.29) is 11.9 Å². The van der Waals surface area contributed by atoms with Gasteiger partial charge in [-0.1, -0.05) is 12.1 Å². The van der Waals surface area contributed by atoms with Gasteiger partial charge in [-0.3, -0.25) is 5.32 Å². The van der Waals surface area contributed by atoms with Gasteiger partial charge in [-0.25, -0.2) is 9.18 Å². The molecule has 2 aromatic rings. The first-order valence-corrected chi connectivity index (χ1v) is 9.24. The molecule has 3 rings (SSSR count). The molecule has 7 nitrogen and oxygen atoms in total. The highest BCUT2D eigenvalue weighted by Gasteiger charge is 2.22. The SMILES string of the molecule is CCN1CCN(c2ccc(F)cc2[C@H](C)NC(=O)Nc2cc(C)on2)CC1. The molecule has 1 aromatic heterocycles. The molecule has 0 spiro atoms. The third-order valence-corrected chi connectivity index (χ3v) is 4.83. The molecule has 1 fully saturated rings. The number of hydrogen-bond acceptors (Lipinski definition) is 5. The molecule has 2 N–H and O–H groups in total. The molecule has 2 heterocycles. The van der Waals surface area contributed by atoms with Crippen molar-refractivity contribution in [2.75, 3.05) is 42.9 Å². The monoisotopic (exact) mass is 375 g/mol. The first-order chi connectivity index (χ1) is 13.0. The Morgan fingerprint density at radius 3 is 2.67 bits per heavy atom. The van der Waals surface area contributed by atoms with Gasteiger partial charge in [-0.05, 0) is 38.6 Å². The Morgan fingerprint density at radius 1 is 1.30 bits per heavy atom. The summed E-state index contributed by atoms with van der Waals surface area (Å²) in [6, 6.07) is 5.60. The number of urea groups is 1. The van der Waals surface area contributed by atoms with Crippen LogP contribution >= 0.6 is 0 Å². The number of rotatable bonds is 5. The van der Waals surface area contributed by atoms with Crippen molar-refractivity contribution < 1.29 is 13.7 Å². The molecule has 1 saturated heterocycles. The van der Waals surface area contributed by atoms with Gasteiger partial charge in [0.25, 0.3) is 0 Å². The van der Waals surface area contributed by atoms with Crippen LogP contribution in [0.15, 0.2) is 28.8 Å². The standard InChI is InChI=1S/C19H26FN5O2/c1-4-24-7-9-25(10-8-24)17-6-5-15(20)12-16(17)14(3)21-19(26)22-18-11-13(2)27-23-18/h5-6,11-12,14H,4,7-10H2,1-3H3,(H2,21,22,23,26)/t14-/m0/s1. The highest BCUT2D eigenvalue weighted by atomic mass is 19.1. The Balaban J connectivity index is 1.70. The van der Waals surface area contributed by atoms with Gasteiger partial charge in [0.1, 0.15) is 11.6 Å². The lowest BCUT2D eigenvalue weighted by Gasteiger charge is -2.37. The zero-order valence-electron chi connectivity index (χ0n) is 16.0. The summed E-state index contributed by atoms with van der Waals surface area (Å²) in [4.78, 5) is 16.9. The molecule has 0 unspecified atom stereocenters. The molecule has 8 heteroatoms. The maximum atomic E-state index is 13.9. The topological polar surface area (TPSA) is 73.6 Å². The van der Waals surface area contributed by atoms with Crippen molar-refractivity contribution in [1.29, 1.82) is 0 Å². The minimum atomic E-state index is -0.415. The number of piperazine rings is 1. The molecule has 0 bridgehead atoms. The molecular formula is C19H26FN5O2. The highest BCUT2D eigenvalue weighted by Crippen LogP contribution is 2.28. The van der Waals surface area contributed by atoms with Crippen LogP contribution in [0.25, 0.3) is 0 Å². The fraction of sp³-hybridized carbons (Fsp3) is 0.474. The van der Waals surface area contributed by atoms with Gasteiger partial charge in [-0.2, -0.15) is 0 Å². The Labute approximate surface area is 158 Å². The predicted molar refractivity (Wildman–Crippen MR) is 103 cm³/mol. The Hall–Kier alpha value is -2.61.